The van der Waals surface area contributed by atoms with E-state index in [0.717, 1.165) is 25.2 Å². The Morgan fingerprint density at radius 3 is 3.05 bits per heavy atom. The molecule has 104 valence electrons. The Morgan fingerprint density at radius 2 is 2.42 bits per heavy atom. The van der Waals surface area contributed by atoms with Crippen molar-refractivity contribution >= 4 is 23.4 Å². The maximum absolute atomic E-state index is 10.5. The Kier molecular flexibility index (Phi) is 4.74. The van der Waals surface area contributed by atoms with Crippen LogP contribution in [0.25, 0.3) is 6.08 Å². The third-order valence-corrected chi connectivity index (χ3v) is 4.39. The van der Waals surface area contributed by atoms with Gasteiger partial charge in [-0.15, -0.1) is 11.3 Å². The van der Waals surface area contributed by atoms with Gasteiger partial charge in [0.2, 0.25) is 0 Å². The minimum Gasteiger partial charge on any atom is -0.478 e. The van der Waals surface area contributed by atoms with E-state index in [-0.39, 0.29) is 0 Å². The van der Waals surface area contributed by atoms with E-state index >= 15 is 0 Å². The van der Waals surface area contributed by atoms with E-state index < -0.39 is 5.97 Å². The van der Waals surface area contributed by atoms with Gasteiger partial charge in [-0.1, -0.05) is 0 Å². The average molecular weight is 280 g/mol. The molecule has 1 unspecified atom stereocenters. The van der Waals surface area contributed by atoms with Crippen molar-refractivity contribution in [3.8, 4) is 0 Å². The van der Waals surface area contributed by atoms with Crippen LogP contribution in [-0.4, -0.2) is 54.1 Å². The molecule has 5 heteroatoms. The summed E-state index contributed by atoms with van der Waals surface area (Å²) in [6.07, 6.45) is 4.06. The van der Waals surface area contributed by atoms with Gasteiger partial charge in [0, 0.05) is 36.6 Å². The summed E-state index contributed by atoms with van der Waals surface area (Å²) in [7, 11) is 4.27. The first-order chi connectivity index (χ1) is 9.04. The molecule has 0 saturated carbocycles. The number of hydrogen-bond acceptors (Lipinski definition) is 4. The van der Waals surface area contributed by atoms with Crippen LogP contribution in [-0.2, 0) is 11.3 Å². The summed E-state index contributed by atoms with van der Waals surface area (Å²) < 4.78 is 0. The van der Waals surface area contributed by atoms with Crippen LogP contribution >= 0.6 is 11.3 Å². The van der Waals surface area contributed by atoms with Gasteiger partial charge in [0.05, 0.1) is 0 Å². The zero-order chi connectivity index (χ0) is 13.8. The fourth-order valence-electron chi connectivity index (χ4n) is 2.33. The summed E-state index contributed by atoms with van der Waals surface area (Å²) in [5.41, 5.74) is 0.978. The number of likely N-dealkylation sites (N-methyl/N-ethyl adjacent to an activating group) is 1. The highest BCUT2D eigenvalue weighted by Crippen LogP contribution is 2.21. The Bertz CT molecular complexity index is 468. The number of aliphatic carboxylic acids is 1. The summed E-state index contributed by atoms with van der Waals surface area (Å²) in [6.45, 7) is 3.22. The van der Waals surface area contributed by atoms with Crippen LogP contribution in [0, 0.1) is 0 Å². The number of hydrogen-bond donors (Lipinski definition) is 1. The summed E-state index contributed by atoms with van der Waals surface area (Å²) in [6, 6.07) is 2.74. The molecular formula is C14H20N2O2S. The number of carbonyl (C=O) groups is 1. The average Bonchev–Trinajstić information content (AvgIpc) is 2.96. The largest absolute Gasteiger partial charge is 0.478 e. The monoisotopic (exact) mass is 280 g/mol. The summed E-state index contributed by atoms with van der Waals surface area (Å²) >= 11 is 1.70. The maximum Gasteiger partial charge on any atom is 0.328 e. The molecule has 0 spiro atoms. The first-order valence-electron chi connectivity index (χ1n) is 6.42. The van der Waals surface area contributed by atoms with Crippen molar-refractivity contribution < 1.29 is 9.90 Å². The third kappa shape index (κ3) is 4.16. The predicted molar refractivity (Wildman–Crippen MR) is 78.4 cm³/mol. The molecule has 1 fully saturated rings. The molecule has 0 bridgehead atoms. The zero-order valence-corrected chi connectivity index (χ0v) is 12.2. The molecule has 4 nitrogen and oxygen atoms in total. The van der Waals surface area contributed by atoms with E-state index in [0.29, 0.717) is 6.04 Å². The molecule has 1 aromatic heterocycles. The van der Waals surface area contributed by atoms with Gasteiger partial charge in [0.1, 0.15) is 0 Å². The van der Waals surface area contributed by atoms with Crippen LogP contribution in [0.1, 0.15) is 16.9 Å². The number of carboxylic acids is 1. The van der Waals surface area contributed by atoms with Gasteiger partial charge in [0.15, 0.2) is 0 Å². The molecule has 19 heavy (non-hydrogen) atoms. The fraction of sp³-hybridized carbons (Fsp3) is 0.500. The predicted octanol–water partition coefficient (Wildman–Crippen LogP) is 1.98. The summed E-state index contributed by atoms with van der Waals surface area (Å²) in [5.74, 6) is -0.902. The molecule has 2 heterocycles. The van der Waals surface area contributed by atoms with Crippen LogP contribution < -0.4 is 0 Å². The van der Waals surface area contributed by atoms with Crippen molar-refractivity contribution in [2.75, 3.05) is 27.2 Å². The first kappa shape index (κ1) is 14.2. The van der Waals surface area contributed by atoms with Crippen molar-refractivity contribution in [1.29, 1.82) is 0 Å². The standard InChI is InChI=1S/C14H20N2O2S/c1-15(2)12-5-6-16(8-12)9-13-7-11(10-19-13)3-4-14(17)18/h3-4,7,10,12H,5-6,8-9H2,1-2H3,(H,17,18). The molecule has 1 atom stereocenters. The molecule has 1 saturated heterocycles. The highest BCUT2D eigenvalue weighted by Gasteiger charge is 2.23. The number of nitrogens with zero attached hydrogens (tertiary/aromatic N) is 2. The minimum absolute atomic E-state index is 0.659. The first-order valence-corrected chi connectivity index (χ1v) is 7.30. The Morgan fingerprint density at radius 1 is 1.63 bits per heavy atom. The van der Waals surface area contributed by atoms with E-state index in [1.165, 1.54) is 17.4 Å². The van der Waals surface area contributed by atoms with Crippen molar-refractivity contribution in [1.82, 2.24) is 9.80 Å². The molecule has 0 amide bonds. The smallest absolute Gasteiger partial charge is 0.328 e. The Labute approximate surface area is 118 Å². The van der Waals surface area contributed by atoms with Crippen molar-refractivity contribution in [3.05, 3.63) is 28.0 Å². The van der Waals surface area contributed by atoms with Gasteiger partial charge in [-0.3, -0.25) is 4.90 Å². The zero-order valence-electron chi connectivity index (χ0n) is 11.4. The number of carboxylic acid groups (broad SMARTS) is 1. The number of rotatable bonds is 5. The van der Waals surface area contributed by atoms with Gasteiger partial charge in [-0.05, 0) is 43.6 Å². The van der Waals surface area contributed by atoms with Crippen LogP contribution in [0.15, 0.2) is 17.5 Å². The van der Waals surface area contributed by atoms with Gasteiger partial charge in [-0.25, -0.2) is 4.79 Å². The van der Waals surface area contributed by atoms with E-state index in [2.05, 4.69) is 30.0 Å². The minimum atomic E-state index is -0.902. The molecule has 1 aliphatic rings. The van der Waals surface area contributed by atoms with Gasteiger partial charge in [0.25, 0.3) is 0 Å². The van der Waals surface area contributed by atoms with Crippen molar-refractivity contribution in [3.63, 3.8) is 0 Å². The lowest BCUT2D eigenvalue weighted by atomic mass is 10.2. The topological polar surface area (TPSA) is 43.8 Å². The quantitative estimate of drug-likeness (QED) is 0.838. The highest BCUT2D eigenvalue weighted by molar-refractivity contribution is 7.10. The molecule has 0 aromatic carbocycles. The molecule has 1 aliphatic heterocycles. The van der Waals surface area contributed by atoms with Crippen molar-refractivity contribution in [2.24, 2.45) is 0 Å². The van der Waals surface area contributed by atoms with Gasteiger partial charge < -0.3 is 10.0 Å². The normalized spacial score (nSPS) is 20.7. The second-order valence-corrected chi connectivity index (χ2v) is 6.15. The maximum atomic E-state index is 10.5. The SMILES string of the molecule is CN(C)C1CCN(Cc2cc(C=CC(=O)O)cs2)C1. The molecule has 1 aromatic rings. The van der Waals surface area contributed by atoms with Crippen LogP contribution in [0.3, 0.4) is 0 Å². The van der Waals surface area contributed by atoms with Crippen LogP contribution in [0.2, 0.25) is 0 Å². The fourth-order valence-corrected chi connectivity index (χ4v) is 3.23. The Hall–Kier alpha value is -1.17. The second-order valence-electron chi connectivity index (χ2n) is 5.16. The third-order valence-electron chi connectivity index (χ3n) is 3.45. The van der Waals surface area contributed by atoms with Crippen LogP contribution in [0.4, 0.5) is 0 Å². The lowest BCUT2D eigenvalue weighted by molar-refractivity contribution is -0.131. The molecule has 0 radical (unpaired) electrons. The highest BCUT2D eigenvalue weighted by atomic mass is 32.1. The lowest BCUT2D eigenvalue weighted by Crippen LogP contribution is -2.31. The van der Waals surface area contributed by atoms with E-state index in [9.17, 15) is 4.79 Å². The van der Waals surface area contributed by atoms with E-state index in [1.807, 2.05) is 5.38 Å². The molecule has 0 aliphatic carbocycles. The lowest BCUT2D eigenvalue weighted by Gasteiger charge is -2.19. The van der Waals surface area contributed by atoms with Gasteiger partial charge >= 0.3 is 5.97 Å². The molecule has 1 N–H and O–H groups in total. The van der Waals surface area contributed by atoms with Gasteiger partial charge in [-0.2, -0.15) is 0 Å². The summed E-state index contributed by atoms with van der Waals surface area (Å²) in [5, 5.41) is 10.6. The number of thiophene rings is 1. The van der Waals surface area contributed by atoms with E-state index in [4.69, 9.17) is 5.11 Å². The second kappa shape index (κ2) is 6.32. The van der Waals surface area contributed by atoms with Crippen molar-refractivity contribution in [2.45, 2.75) is 19.0 Å². The number of likely N-dealkylation sites (tertiary alicyclic amines) is 1. The molecule has 2 rings (SSSR count). The summed E-state index contributed by atoms with van der Waals surface area (Å²) in [4.78, 5) is 16.5. The molecular weight excluding hydrogens is 260 g/mol. The van der Waals surface area contributed by atoms with Crippen LogP contribution in [0.5, 0.6) is 0 Å². The van der Waals surface area contributed by atoms with E-state index in [1.54, 1.807) is 17.4 Å². The Balaban J connectivity index is 1.89.